The van der Waals surface area contributed by atoms with Gasteiger partial charge in [-0.15, -0.1) is 0 Å². The number of aliphatic imine (C=N–C) groups is 1. The van der Waals surface area contributed by atoms with E-state index in [9.17, 15) is 13.2 Å². The molecule has 29 heavy (non-hydrogen) atoms. The van der Waals surface area contributed by atoms with Gasteiger partial charge in [0.15, 0.2) is 5.96 Å². The van der Waals surface area contributed by atoms with Gasteiger partial charge in [0, 0.05) is 50.3 Å². The Morgan fingerprint density at radius 1 is 1.21 bits per heavy atom. The Hall–Kier alpha value is -1.87. The summed E-state index contributed by atoms with van der Waals surface area (Å²) in [6, 6.07) is 5.66. The average Bonchev–Trinajstić information content (AvgIpc) is 3.29. The molecule has 2 aliphatic heterocycles. The van der Waals surface area contributed by atoms with Crippen LogP contribution < -0.4 is 20.3 Å². The molecule has 2 N–H and O–H groups in total. The number of ether oxygens (including phenoxy) is 1. The third kappa shape index (κ3) is 6.05. The Kier molecular flexibility index (Phi) is 7.00. The molecule has 2 saturated heterocycles. The van der Waals surface area contributed by atoms with E-state index >= 15 is 0 Å². The summed E-state index contributed by atoms with van der Waals surface area (Å²) in [6.45, 7) is 1.52. The smallest absolute Gasteiger partial charge is 0.401 e. The van der Waals surface area contributed by atoms with Crippen molar-refractivity contribution in [1.82, 2.24) is 15.5 Å². The number of nitrogens with one attached hydrogen (secondary N) is 2. The molecule has 162 valence electrons. The van der Waals surface area contributed by atoms with Gasteiger partial charge in [0.05, 0.1) is 19.3 Å². The fraction of sp³-hybridized carbons (Fsp3) is 0.632. The highest BCUT2D eigenvalue weighted by atomic mass is 35.5. The summed E-state index contributed by atoms with van der Waals surface area (Å²) in [4.78, 5) is 7.88. The van der Waals surface area contributed by atoms with E-state index in [-0.39, 0.29) is 12.1 Å². The number of halogens is 4. The molecule has 0 spiro atoms. The highest BCUT2D eigenvalue weighted by Gasteiger charge is 2.35. The molecule has 2 fully saturated rings. The van der Waals surface area contributed by atoms with Gasteiger partial charge >= 0.3 is 6.18 Å². The third-order valence-corrected chi connectivity index (χ3v) is 5.49. The van der Waals surface area contributed by atoms with Gasteiger partial charge < -0.3 is 20.3 Å². The maximum Gasteiger partial charge on any atom is 0.401 e. The first-order valence-electron chi connectivity index (χ1n) is 9.65. The maximum atomic E-state index is 12.6. The highest BCUT2D eigenvalue weighted by Crippen LogP contribution is 2.33. The lowest BCUT2D eigenvalue weighted by molar-refractivity contribution is -0.143. The number of benzene rings is 1. The zero-order valence-corrected chi connectivity index (χ0v) is 17.4. The van der Waals surface area contributed by atoms with Crippen LogP contribution in [0.2, 0.25) is 5.02 Å². The second-order valence-electron chi connectivity index (χ2n) is 7.44. The monoisotopic (exact) mass is 433 g/mol. The topological polar surface area (TPSA) is 52.1 Å². The van der Waals surface area contributed by atoms with E-state index in [0.717, 1.165) is 30.9 Å². The van der Waals surface area contributed by atoms with Crippen LogP contribution in [0, 0.1) is 0 Å². The minimum Gasteiger partial charge on any atom is -0.495 e. The van der Waals surface area contributed by atoms with Crippen LogP contribution in [0.4, 0.5) is 18.9 Å². The zero-order valence-electron chi connectivity index (χ0n) is 16.6. The molecule has 1 aromatic carbocycles. The number of hydrogen-bond acceptors (Lipinski definition) is 4. The minimum atomic E-state index is -4.16. The maximum absolute atomic E-state index is 12.6. The molecular formula is C19H27ClF3N5O. The molecule has 2 aliphatic rings. The Balaban J connectivity index is 1.52. The van der Waals surface area contributed by atoms with Gasteiger partial charge in [0.1, 0.15) is 5.75 Å². The fourth-order valence-electron chi connectivity index (χ4n) is 3.91. The first-order valence-corrected chi connectivity index (χ1v) is 10.0. The van der Waals surface area contributed by atoms with E-state index in [1.54, 1.807) is 20.2 Å². The molecule has 2 heterocycles. The molecule has 0 radical (unpaired) electrons. The Morgan fingerprint density at radius 2 is 1.90 bits per heavy atom. The molecule has 6 nitrogen and oxygen atoms in total. The Morgan fingerprint density at radius 3 is 2.55 bits per heavy atom. The standard InChI is InChI=1S/C19H27ClF3N5O/c1-24-18(25-14-5-7-27(10-14)12-19(21,22)23)26-15-6-8-28(11-15)16-9-13(20)3-4-17(16)29-2/h3-4,9,14-15H,5-8,10-12H2,1-2H3,(H2,24,25,26). The highest BCUT2D eigenvalue weighted by molar-refractivity contribution is 6.30. The predicted octanol–water partition coefficient (Wildman–Crippen LogP) is 2.73. The van der Waals surface area contributed by atoms with Crippen LogP contribution in [0.3, 0.4) is 0 Å². The van der Waals surface area contributed by atoms with Gasteiger partial charge in [-0.25, -0.2) is 0 Å². The second kappa shape index (κ2) is 9.30. The quantitative estimate of drug-likeness (QED) is 0.552. The normalized spacial score (nSPS) is 23.5. The first kappa shape index (κ1) is 21.8. The van der Waals surface area contributed by atoms with E-state index in [0.29, 0.717) is 30.5 Å². The van der Waals surface area contributed by atoms with Crippen molar-refractivity contribution in [2.24, 2.45) is 4.99 Å². The van der Waals surface area contributed by atoms with E-state index in [2.05, 4.69) is 20.5 Å². The molecule has 0 amide bonds. The molecule has 0 saturated carbocycles. The van der Waals surface area contributed by atoms with Gasteiger partial charge in [-0.3, -0.25) is 9.89 Å². The van der Waals surface area contributed by atoms with Crippen LogP contribution in [0.5, 0.6) is 5.75 Å². The van der Waals surface area contributed by atoms with Crippen molar-refractivity contribution in [3.8, 4) is 5.75 Å². The first-order chi connectivity index (χ1) is 13.8. The van der Waals surface area contributed by atoms with Crippen LogP contribution >= 0.6 is 11.6 Å². The lowest BCUT2D eigenvalue weighted by Crippen LogP contribution is -2.49. The molecule has 1 aromatic rings. The molecule has 3 rings (SSSR count). The SMILES string of the molecule is CN=C(NC1CCN(CC(F)(F)F)C1)NC1CCN(c2cc(Cl)ccc2OC)C1. The molecule has 0 bridgehead atoms. The lowest BCUT2D eigenvalue weighted by Gasteiger charge is -2.23. The molecular weight excluding hydrogens is 407 g/mol. The summed E-state index contributed by atoms with van der Waals surface area (Å²) >= 11 is 6.14. The number of guanidine groups is 1. The average molecular weight is 434 g/mol. The number of alkyl halides is 3. The largest absolute Gasteiger partial charge is 0.495 e. The molecule has 0 aliphatic carbocycles. The fourth-order valence-corrected chi connectivity index (χ4v) is 4.08. The van der Waals surface area contributed by atoms with Crippen molar-refractivity contribution in [3.05, 3.63) is 23.2 Å². The van der Waals surface area contributed by atoms with Crippen LogP contribution in [-0.4, -0.2) is 76.0 Å². The summed E-state index contributed by atoms with van der Waals surface area (Å²) in [5, 5.41) is 7.30. The summed E-state index contributed by atoms with van der Waals surface area (Å²) in [6.07, 6.45) is -2.60. The Bertz CT molecular complexity index is 730. The Labute approximate surface area is 174 Å². The number of anilines is 1. The second-order valence-corrected chi connectivity index (χ2v) is 7.88. The van der Waals surface area contributed by atoms with Gasteiger partial charge in [0.25, 0.3) is 0 Å². The van der Waals surface area contributed by atoms with E-state index in [1.807, 2.05) is 12.1 Å². The van der Waals surface area contributed by atoms with Crippen molar-refractivity contribution >= 4 is 23.2 Å². The van der Waals surface area contributed by atoms with E-state index in [1.165, 1.54) is 4.90 Å². The summed E-state index contributed by atoms with van der Waals surface area (Å²) in [7, 11) is 3.30. The van der Waals surface area contributed by atoms with Crippen LogP contribution in [0.15, 0.2) is 23.2 Å². The van der Waals surface area contributed by atoms with Crippen LogP contribution in [-0.2, 0) is 0 Å². The van der Waals surface area contributed by atoms with Crippen molar-refractivity contribution in [3.63, 3.8) is 0 Å². The minimum absolute atomic E-state index is 0.0471. The number of methoxy groups -OCH3 is 1. The van der Waals surface area contributed by atoms with E-state index < -0.39 is 12.7 Å². The zero-order chi connectivity index (χ0) is 21.0. The number of likely N-dealkylation sites (tertiary alicyclic amines) is 1. The number of rotatable bonds is 5. The van der Waals surface area contributed by atoms with Crippen molar-refractivity contribution < 1.29 is 17.9 Å². The third-order valence-electron chi connectivity index (χ3n) is 5.25. The van der Waals surface area contributed by atoms with Crippen LogP contribution in [0.25, 0.3) is 0 Å². The van der Waals surface area contributed by atoms with Crippen molar-refractivity contribution in [2.75, 3.05) is 51.8 Å². The summed E-state index contributed by atoms with van der Waals surface area (Å²) < 4.78 is 43.2. The van der Waals surface area contributed by atoms with Crippen LogP contribution in [0.1, 0.15) is 12.8 Å². The number of nitrogens with zero attached hydrogens (tertiary/aromatic N) is 3. The van der Waals surface area contributed by atoms with Crippen molar-refractivity contribution in [2.45, 2.75) is 31.1 Å². The van der Waals surface area contributed by atoms with Gasteiger partial charge in [-0.1, -0.05) is 11.6 Å². The van der Waals surface area contributed by atoms with Gasteiger partial charge in [0.2, 0.25) is 0 Å². The molecule has 10 heteroatoms. The molecule has 2 atom stereocenters. The van der Waals surface area contributed by atoms with E-state index in [4.69, 9.17) is 16.3 Å². The summed E-state index contributed by atoms with van der Waals surface area (Å²) in [5.74, 6) is 1.39. The van der Waals surface area contributed by atoms with Gasteiger partial charge in [-0.05, 0) is 31.0 Å². The predicted molar refractivity (Wildman–Crippen MR) is 109 cm³/mol. The van der Waals surface area contributed by atoms with Crippen molar-refractivity contribution in [1.29, 1.82) is 0 Å². The summed E-state index contributed by atoms with van der Waals surface area (Å²) in [5.41, 5.74) is 0.950. The molecule has 0 aromatic heterocycles. The lowest BCUT2D eigenvalue weighted by atomic mass is 10.2. The van der Waals surface area contributed by atoms with Gasteiger partial charge in [-0.2, -0.15) is 13.2 Å². The molecule has 2 unspecified atom stereocenters. The number of hydrogen-bond donors (Lipinski definition) is 2.